The summed E-state index contributed by atoms with van der Waals surface area (Å²) in [6.45, 7) is 9.13. The molecule has 0 unspecified atom stereocenters. The van der Waals surface area contributed by atoms with Crippen molar-refractivity contribution in [1.82, 2.24) is 0 Å². The van der Waals surface area contributed by atoms with Crippen LogP contribution in [0.25, 0.3) is 0 Å². The molecule has 2 aromatic carbocycles. The van der Waals surface area contributed by atoms with Gasteiger partial charge in [0.05, 0.1) is 0 Å². The maximum Gasteiger partial charge on any atom is 0.335 e. The van der Waals surface area contributed by atoms with Crippen LogP contribution in [-0.2, 0) is 51.0 Å². The summed E-state index contributed by atoms with van der Waals surface area (Å²) in [6.07, 6.45) is 1.61. The van der Waals surface area contributed by atoms with E-state index in [2.05, 4.69) is 13.2 Å². The Morgan fingerprint density at radius 2 is 1.04 bits per heavy atom. The second-order valence-electron chi connectivity index (χ2n) is 10.8. The number of hydrogen-bond acceptors (Lipinski definition) is 10. The molecule has 0 aliphatic heterocycles. The predicted octanol–water partition coefficient (Wildman–Crippen LogP) is 5.84. The molecule has 10 nitrogen and oxygen atoms in total. The summed E-state index contributed by atoms with van der Waals surface area (Å²) < 4.78 is 60.0. The molecule has 1 aliphatic rings. The van der Waals surface area contributed by atoms with Crippen LogP contribution in [0, 0.1) is 11.6 Å². The lowest BCUT2D eigenvalue weighted by atomic mass is 9.95. The topological polar surface area (TPSA) is 124 Å². The average Bonchev–Trinajstić information content (AvgIpc) is 3.01. The van der Waals surface area contributed by atoms with E-state index >= 15 is 0 Å². The summed E-state index contributed by atoms with van der Waals surface area (Å²) in [5.74, 6) is -2.94. The first-order valence-electron chi connectivity index (χ1n) is 14.8. The van der Waals surface area contributed by atoms with Gasteiger partial charge in [-0.1, -0.05) is 25.3 Å². The van der Waals surface area contributed by atoms with Gasteiger partial charge in [0.25, 0.3) is 0 Å². The summed E-state index contributed by atoms with van der Waals surface area (Å²) >= 11 is 0. The Bertz CT molecular complexity index is 1320. The number of halogens is 2. The van der Waals surface area contributed by atoms with E-state index in [1.165, 1.54) is 38.1 Å². The van der Waals surface area contributed by atoms with Gasteiger partial charge >= 0.3 is 23.9 Å². The van der Waals surface area contributed by atoms with Crippen LogP contribution < -0.4 is 9.47 Å². The molecule has 1 fully saturated rings. The minimum absolute atomic E-state index is 0.0195. The first kappa shape index (κ1) is 35.7. The smallest absolute Gasteiger partial charge is 0.335 e. The standard InChI is InChI=1S/C34H38F2O10/c1-21(2)33(39)43-19-41-27-9-5-23(29(35)17-27)7-15-31(37)45-25-11-13-26(14-12-25)46-32(38)16-8-24-6-10-28(18-30(24)36)42-20-44-34(40)22(3)4/h5-6,9-10,17-18,25-26H,1,3,7-8,11-16,19-20H2,2,4H3. The molecule has 0 bridgehead atoms. The van der Waals surface area contributed by atoms with Crippen LogP contribution >= 0.6 is 0 Å². The lowest BCUT2D eigenvalue weighted by Gasteiger charge is -2.28. The van der Waals surface area contributed by atoms with Crippen LogP contribution in [0.2, 0.25) is 0 Å². The number of carbonyl (C=O) groups excluding carboxylic acids is 4. The minimum atomic E-state index is -0.618. The normalized spacial score (nSPS) is 15.7. The predicted molar refractivity (Wildman–Crippen MR) is 160 cm³/mol. The molecule has 46 heavy (non-hydrogen) atoms. The van der Waals surface area contributed by atoms with E-state index in [9.17, 15) is 28.0 Å². The maximum absolute atomic E-state index is 14.5. The monoisotopic (exact) mass is 644 g/mol. The summed E-state index contributed by atoms with van der Waals surface area (Å²) in [7, 11) is 0. The highest BCUT2D eigenvalue weighted by molar-refractivity contribution is 5.87. The van der Waals surface area contributed by atoms with Crippen molar-refractivity contribution in [2.24, 2.45) is 0 Å². The van der Waals surface area contributed by atoms with Crippen molar-refractivity contribution in [1.29, 1.82) is 0 Å². The molecule has 0 saturated heterocycles. The van der Waals surface area contributed by atoms with Crippen molar-refractivity contribution in [3.8, 4) is 11.5 Å². The molecule has 0 atom stereocenters. The van der Waals surface area contributed by atoms with Crippen molar-refractivity contribution in [2.75, 3.05) is 13.6 Å². The van der Waals surface area contributed by atoms with E-state index < -0.39 is 35.5 Å². The van der Waals surface area contributed by atoms with E-state index in [-0.39, 0.29) is 74.1 Å². The number of benzene rings is 2. The highest BCUT2D eigenvalue weighted by Crippen LogP contribution is 2.25. The number of carbonyl (C=O) groups is 4. The molecule has 0 aromatic heterocycles. The van der Waals surface area contributed by atoms with E-state index in [4.69, 9.17) is 28.4 Å². The van der Waals surface area contributed by atoms with Crippen LogP contribution in [0.15, 0.2) is 60.7 Å². The van der Waals surface area contributed by atoms with Gasteiger partial charge in [-0.25, -0.2) is 18.4 Å². The number of esters is 4. The van der Waals surface area contributed by atoms with E-state index in [1.807, 2.05) is 0 Å². The van der Waals surface area contributed by atoms with Crippen molar-refractivity contribution < 1.29 is 56.4 Å². The van der Waals surface area contributed by atoms with Gasteiger partial charge in [0.1, 0.15) is 35.3 Å². The zero-order valence-electron chi connectivity index (χ0n) is 25.9. The van der Waals surface area contributed by atoms with E-state index in [0.29, 0.717) is 36.8 Å². The molecule has 248 valence electrons. The van der Waals surface area contributed by atoms with Crippen molar-refractivity contribution in [3.05, 3.63) is 83.5 Å². The Kier molecular flexibility index (Phi) is 13.7. The fraction of sp³-hybridized carbons (Fsp3) is 0.412. The first-order chi connectivity index (χ1) is 21.9. The van der Waals surface area contributed by atoms with Crippen molar-refractivity contribution in [2.45, 2.75) is 77.4 Å². The molecule has 1 aliphatic carbocycles. The third kappa shape index (κ3) is 12.0. The Morgan fingerprint density at radius 1 is 0.674 bits per heavy atom. The summed E-state index contributed by atoms with van der Waals surface area (Å²) in [6, 6.07) is 8.29. The zero-order valence-corrected chi connectivity index (χ0v) is 25.9. The number of ether oxygens (including phenoxy) is 6. The van der Waals surface area contributed by atoms with Gasteiger partial charge in [-0.15, -0.1) is 0 Å². The fourth-order valence-corrected chi connectivity index (χ4v) is 4.42. The maximum atomic E-state index is 14.5. The van der Waals surface area contributed by atoms with Gasteiger partial charge in [0, 0.05) is 36.1 Å². The zero-order chi connectivity index (χ0) is 33.6. The van der Waals surface area contributed by atoms with Crippen LogP contribution in [0.3, 0.4) is 0 Å². The Labute approximate surface area is 266 Å². The second kappa shape index (κ2) is 17.7. The van der Waals surface area contributed by atoms with E-state index in [1.54, 1.807) is 0 Å². The molecule has 0 amide bonds. The highest BCUT2D eigenvalue weighted by Gasteiger charge is 2.26. The average molecular weight is 645 g/mol. The molecule has 3 rings (SSSR count). The first-order valence-corrected chi connectivity index (χ1v) is 14.8. The van der Waals surface area contributed by atoms with Gasteiger partial charge in [-0.05, 0) is 75.6 Å². The Morgan fingerprint density at radius 3 is 1.37 bits per heavy atom. The van der Waals surface area contributed by atoms with Gasteiger partial charge in [-0.2, -0.15) is 0 Å². The Balaban J connectivity index is 1.31. The molecular weight excluding hydrogens is 606 g/mol. The summed E-state index contributed by atoms with van der Waals surface area (Å²) in [5.41, 5.74) is 1.05. The quantitative estimate of drug-likeness (QED) is 0.0953. The molecule has 2 aromatic rings. The lowest BCUT2D eigenvalue weighted by Crippen LogP contribution is -2.30. The summed E-state index contributed by atoms with van der Waals surface area (Å²) in [4.78, 5) is 47.5. The number of aryl methyl sites for hydroxylation is 2. The van der Waals surface area contributed by atoms with Crippen LogP contribution in [-0.4, -0.2) is 49.7 Å². The van der Waals surface area contributed by atoms with Gasteiger partial charge in [-0.3, -0.25) is 9.59 Å². The van der Waals surface area contributed by atoms with Crippen LogP contribution in [0.4, 0.5) is 8.78 Å². The largest absolute Gasteiger partial charge is 0.462 e. The lowest BCUT2D eigenvalue weighted by molar-refractivity contribution is -0.158. The molecule has 0 heterocycles. The molecular formula is C34H38F2O10. The molecule has 0 radical (unpaired) electrons. The fourth-order valence-electron chi connectivity index (χ4n) is 4.42. The third-order valence-electron chi connectivity index (χ3n) is 6.99. The minimum Gasteiger partial charge on any atom is -0.462 e. The third-order valence-corrected chi connectivity index (χ3v) is 6.99. The van der Waals surface area contributed by atoms with Crippen molar-refractivity contribution >= 4 is 23.9 Å². The molecule has 12 heteroatoms. The second-order valence-corrected chi connectivity index (χ2v) is 10.8. The number of rotatable bonds is 16. The summed E-state index contributed by atoms with van der Waals surface area (Å²) in [5, 5.41) is 0. The van der Waals surface area contributed by atoms with Crippen LogP contribution in [0.1, 0.15) is 63.5 Å². The van der Waals surface area contributed by atoms with E-state index in [0.717, 1.165) is 12.1 Å². The van der Waals surface area contributed by atoms with Gasteiger partial charge < -0.3 is 28.4 Å². The highest BCUT2D eigenvalue weighted by atomic mass is 19.1. The molecule has 0 N–H and O–H groups in total. The van der Waals surface area contributed by atoms with Gasteiger partial charge in [0.2, 0.25) is 13.6 Å². The number of hydrogen-bond donors (Lipinski definition) is 0. The molecule has 1 saturated carbocycles. The van der Waals surface area contributed by atoms with Crippen molar-refractivity contribution in [3.63, 3.8) is 0 Å². The van der Waals surface area contributed by atoms with Crippen LogP contribution in [0.5, 0.6) is 11.5 Å². The SMILES string of the molecule is C=C(C)C(=O)OCOc1ccc(CCC(=O)OC2CCC(OC(=O)CCc3ccc(OCOC(=O)C(=C)C)cc3F)CC2)c(F)c1. The van der Waals surface area contributed by atoms with Gasteiger partial charge in [0.15, 0.2) is 0 Å². The molecule has 0 spiro atoms. The Hall–Kier alpha value is -4.74.